The van der Waals surface area contributed by atoms with E-state index in [0.717, 1.165) is 29.8 Å². The van der Waals surface area contributed by atoms with Gasteiger partial charge in [-0.1, -0.05) is 0 Å². The number of rotatable bonds is 3. The molecule has 6 heteroatoms. The smallest absolute Gasteiger partial charge is 0.357 e. The van der Waals surface area contributed by atoms with Gasteiger partial charge in [-0.3, -0.25) is 0 Å². The molecular weight excluding hydrogens is 229 g/mol. The van der Waals surface area contributed by atoms with Crippen molar-refractivity contribution in [3.05, 3.63) is 23.5 Å². The Morgan fingerprint density at radius 1 is 1.56 bits per heavy atom. The molecule has 5 nitrogen and oxygen atoms in total. The maximum absolute atomic E-state index is 11.8. The topological polar surface area (TPSA) is 56.5 Å². The molecule has 1 aliphatic rings. The summed E-state index contributed by atoms with van der Waals surface area (Å²) in [4.78, 5) is 16.1. The molecule has 0 N–H and O–H groups in total. The lowest BCUT2D eigenvalue weighted by Gasteiger charge is -2.06. The van der Waals surface area contributed by atoms with Crippen molar-refractivity contribution < 1.29 is 9.53 Å². The first kappa shape index (κ1) is 11.3. The molecule has 0 saturated heterocycles. The van der Waals surface area contributed by atoms with Crippen LogP contribution in [-0.4, -0.2) is 35.0 Å². The zero-order valence-electron chi connectivity index (χ0n) is 10.5. The van der Waals surface area contributed by atoms with Gasteiger partial charge < -0.3 is 4.74 Å². The van der Waals surface area contributed by atoms with Crippen LogP contribution in [0.4, 0.5) is 0 Å². The zero-order valence-corrected chi connectivity index (χ0v) is 10.5. The molecule has 2 heterocycles. The number of esters is 1. The van der Waals surface area contributed by atoms with E-state index in [1.165, 1.54) is 0 Å². The van der Waals surface area contributed by atoms with Crippen molar-refractivity contribution in [1.29, 1.82) is 0 Å². The molecule has 2 aromatic rings. The number of fused-ring (bicyclic) bond motifs is 1. The minimum atomic E-state index is -0.360. The molecule has 0 amide bonds. The van der Waals surface area contributed by atoms with Crippen LogP contribution in [0.15, 0.2) is 12.1 Å². The molecule has 0 bridgehead atoms. The Balaban J connectivity index is 2.13. The minimum absolute atomic E-state index is 0.360. The lowest BCUT2D eigenvalue weighted by Crippen LogP contribution is -2.11. The molecule has 2 aromatic heterocycles. The molecule has 18 heavy (non-hydrogen) atoms. The molecule has 0 unspecified atom stereocenters. The number of nitrogens with zero attached hydrogens (tertiary/aromatic N) is 3. The monoisotopic (exact) mass is 243 g/mol. The molecule has 0 spiro atoms. The predicted molar refractivity (Wildman–Crippen MR) is 69.1 cm³/mol. The first-order valence-electron chi connectivity index (χ1n) is 6.23. The molecule has 1 saturated carbocycles. The van der Waals surface area contributed by atoms with Crippen LogP contribution in [0.2, 0.25) is 0 Å². The van der Waals surface area contributed by atoms with Gasteiger partial charge >= 0.3 is 5.97 Å². The van der Waals surface area contributed by atoms with Crippen LogP contribution in [0.5, 0.6) is 0 Å². The fourth-order valence-corrected chi connectivity index (χ4v) is 2.09. The third kappa shape index (κ3) is 1.87. The van der Waals surface area contributed by atoms with Gasteiger partial charge in [0.05, 0.1) is 6.61 Å². The summed E-state index contributed by atoms with van der Waals surface area (Å²) in [5, 5.41) is 4.42. The number of hydrogen-bond donors (Lipinski definition) is 0. The van der Waals surface area contributed by atoms with Crippen molar-refractivity contribution in [1.82, 2.24) is 14.6 Å². The fraction of sp³-hybridized carbons (Fsp3) is 0.417. The van der Waals surface area contributed by atoms with Crippen LogP contribution in [0.25, 0.3) is 5.65 Å². The van der Waals surface area contributed by atoms with Crippen molar-refractivity contribution in [3.63, 3.8) is 0 Å². The lowest BCUT2D eigenvalue weighted by atomic mass is 10.1. The van der Waals surface area contributed by atoms with E-state index in [0.29, 0.717) is 18.2 Å². The third-order valence-electron chi connectivity index (χ3n) is 3.06. The van der Waals surface area contributed by atoms with Gasteiger partial charge in [0.15, 0.2) is 19.2 Å². The van der Waals surface area contributed by atoms with Crippen molar-refractivity contribution in [2.75, 3.05) is 6.61 Å². The highest BCUT2D eigenvalue weighted by Gasteiger charge is 2.28. The molecule has 3 rings (SSSR count). The molecule has 0 aliphatic heterocycles. The van der Waals surface area contributed by atoms with Gasteiger partial charge in [-0.25, -0.2) is 14.3 Å². The number of hydrogen-bond acceptors (Lipinski definition) is 4. The summed E-state index contributed by atoms with van der Waals surface area (Å²) >= 11 is 0. The van der Waals surface area contributed by atoms with E-state index >= 15 is 0 Å². The zero-order chi connectivity index (χ0) is 12.7. The first-order valence-corrected chi connectivity index (χ1v) is 6.23. The van der Waals surface area contributed by atoms with Crippen LogP contribution in [0.1, 0.15) is 41.9 Å². The second kappa shape index (κ2) is 4.12. The van der Waals surface area contributed by atoms with E-state index in [4.69, 9.17) is 4.74 Å². The highest BCUT2D eigenvalue weighted by atomic mass is 16.5. The second-order valence-electron chi connectivity index (χ2n) is 4.62. The van der Waals surface area contributed by atoms with E-state index in [2.05, 4.69) is 10.1 Å². The fourth-order valence-electron chi connectivity index (χ4n) is 2.09. The molecule has 1 aliphatic carbocycles. The molecular formula is C12H14BN3O2. The van der Waals surface area contributed by atoms with Gasteiger partial charge in [0, 0.05) is 17.2 Å². The largest absolute Gasteiger partial charge is 0.461 e. The van der Waals surface area contributed by atoms with E-state index in [-0.39, 0.29) is 5.97 Å². The molecule has 0 radical (unpaired) electrons. The maximum Gasteiger partial charge on any atom is 0.357 e. The number of carbonyl (C=O) groups excluding carboxylic acids is 1. The average molecular weight is 243 g/mol. The van der Waals surface area contributed by atoms with Gasteiger partial charge in [0.1, 0.15) is 0 Å². The quantitative estimate of drug-likeness (QED) is 0.564. The maximum atomic E-state index is 11.8. The predicted octanol–water partition coefficient (Wildman–Crippen LogP) is 0.0418. The van der Waals surface area contributed by atoms with E-state index < -0.39 is 0 Å². The SMILES string of the molecule is Bc1cc2nc(C(=O)OCC)cc(C3CC3)n2n1. The van der Waals surface area contributed by atoms with Gasteiger partial charge in [-0.2, -0.15) is 5.10 Å². The van der Waals surface area contributed by atoms with Crippen LogP contribution in [0, 0.1) is 0 Å². The van der Waals surface area contributed by atoms with E-state index in [9.17, 15) is 4.79 Å². The number of carbonyl (C=O) groups is 1. The summed E-state index contributed by atoms with van der Waals surface area (Å²) in [5.74, 6) is 0.142. The van der Waals surface area contributed by atoms with E-state index in [1.54, 1.807) is 6.92 Å². The summed E-state index contributed by atoms with van der Waals surface area (Å²) in [5.41, 5.74) is 3.08. The van der Waals surface area contributed by atoms with Gasteiger partial charge in [-0.05, 0) is 31.9 Å². The standard InChI is InChI=1S/C12H14BN3O2/c1-2-18-12(17)8-5-9(7-3-4-7)16-11(14-8)6-10(13)15-16/h5-7H,2-4,13H2,1H3. The van der Waals surface area contributed by atoms with Gasteiger partial charge in [0.25, 0.3) is 0 Å². The Morgan fingerprint density at radius 3 is 3.00 bits per heavy atom. The highest BCUT2D eigenvalue weighted by Crippen LogP contribution is 2.39. The molecule has 92 valence electrons. The van der Waals surface area contributed by atoms with Crippen LogP contribution >= 0.6 is 0 Å². The summed E-state index contributed by atoms with van der Waals surface area (Å²) in [6.07, 6.45) is 2.31. The minimum Gasteiger partial charge on any atom is -0.461 e. The Bertz CT molecular complexity index is 619. The normalized spacial score (nSPS) is 14.9. The summed E-state index contributed by atoms with van der Waals surface area (Å²) in [7, 11) is 1.93. The first-order chi connectivity index (χ1) is 8.69. The average Bonchev–Trinajstić information content (AvgIpc) is 3.09. The van der Waals surface area contributed by atoms with Gasteiger partial charge in [-0.15, -0.1) is 0 Å². The third-order valence-corrected chi connectivity index (χ3v) is 3.06. The van der Waals surface area contributed by atoms with Crippen molar-refractivity contribution >= 4 is 25.1 Å². The number of ether oxygens (including phenoxy) is 1. The molecule has 1 fully saturated rings. The summed E-state index contributed by atoms with van der Waals surface area (Å²) < 4.78 is 6.85. The molecule has 0 atom stereocenters. The Kier molecular flexibility index (Phi) is 2.58. The molecule has 0 aromatic carbocycles. The lowest BCUT2D eigenvalue weighted by molar-refractivity contribution is 0.0519. The summed E-state index contributed by atoms with van der Waals surface area (Å²) in [6.45, 7) is 2.16. The van der Waals surface area contributed by atoms with Crippen molar-refractivity contribution in [2.24, 2.45) is 0 Å². The Labute approximate surface area is 106 Å². The van der Waals surface area contributed by atoms with Crippen LogP contribution in [-0.2, 0) is 4.74 Å². The van der Waals surface area contributed by atoms with Crippen LogP contribution < -0.4 is 5.59 Å². The van der Waals surface area contributed by atoms with Crippen LogP contribution in [0.3, 0.4) is 0 Å². The number of aromatic nitrogens is 3. The highest BCUT2D eigenvalue weighted by molar-refractivity contribution is 6.31. The van der Waals surface area contributed by atoms with E-state index in [1.807, 2.05) is 24.5 Å². The Hall–Kier alpha value is -1.85. The van der Waals surface area contributed by atoms with Crippen molar-refractivity contribution in [2.45, 2.75) is 25.7 Å². The second-order valence-corrected chi connectivity index (χ2v) is 4.62. The summed E-state index contributed by atoms with van der Waals surface area (Å²) in [6, 6.07) is 3.70. The Morgan fingerprint density at radius 2 is 2.33 bits per heavy atom. The van der Waals surface area contributed by atoms with Gasteiger partial charge in [0.2, 0.25) is 0 Å². The van der Waals surface area contributed by atoms with Crippen molar-refractivity contribution in [3.8, 4) is 0 Å².